The minimum absolute atomic E-state index is 0.384. The van der Waals surface area contributed by atoms with Crippen LogP contribution in [0.25, 0.3) is 21.9 Å². The van der Waals surface area contributed by atoms with Crippen molar-refractivity contribution in [2.45, 2.75) is 20.0 Å². The van der Waals surface area contributed by atoms with Gasteiger partial charge < -0.3 is 18.7 Å². The molecule has 0 bridgehead atoms. The van der Waals surface area contributed by atoms with Gasteiger partial charge in [-0.05, 0) is 32.0 Å². The number of hydrogen-bond acceptors (Lipinski definition) is 5. The van der Waals surface area contributed by atoms with E-state index in [2.05, 4.69) is 4.74 Å². The van der Waals surface area contributed by atoms with Crippen LogP contribution in [0.15, 0.2) is 27.0 Å². The molecule has 104 valence electrons. The van der Waals surface area contributed by atoms with Crippen LogP contribution in [-0.4, -0.2) is 18.2 Å². The molecule has 0 spiro atoms. The number of fused-ring (bicyclic) bond motifs is 2. The van der Waals surface area contributed by atoms with Gasteiger partial charge in [0.1, 0.15) is 22.7 Å². The van der Waals surface area contributed by atoms with E-state index >= 15 is 0 Å². The van der Waals surface area contributed by atoms with Gasteiger partial charge in [-0.25, -0.2) is 4.79 Å². The Kier molecular flexibility index (Phi) is 2.79. The molecule has 1 unspecified atom stereocenters. The topological polar surface area (TPSA) is 72.8 Å². The van der Waals surface area contributed by atoms with Gasteiger partial charge in [0.25, 0.3) is 0 Å². The van der Waals surface area contributed by atoms with Crippen LogP contribution >= 0.6 is 0 Å². The normalized spacial score (nSPS) is 13.0. The van der Waals surface area contributed by atoms with Gasteiger partial charge in [0, 0.05) is 16.3 Å². The number of rotatable bonds is 2. The quantitative estimate of drug-likeness (QED) is 0.727. The van der Waals surface area contributed by atoms with Gasteiger partial charge in [0.05, 0.1) is 7.11 Å². The number of aliphatic hydroxyl groups is 1. The number of ether oxygens (including phenoxy) is 1. The molecule has 1 N–H and O–H groups in total. The van der Waals surface area contributed by atoms with Gasteiger partial charge in [0.15, 0.2) is 6.10 Å². The highest BCUT2D eigenvalue weighted by atomic mass is 16.5. The Morgan fingerprint density at radius 2 is 1.90 bits per heavy atom. The van der Waals surface area contributed by atoms with Crippen LogP contribution in [0.4, 0.5) is 0 Å². The number of esters is 1. The molecule has 0 amide bonds. The zero-order valence-corrected chi connectivity index (χ0v) is 11.4. The summed E-state index contributed by atoms with van der Waals surface area (Å²) in [5, 5.41) is 11.7. The predicted molar refractivity (Wildman–Crippen MR) is 72.4 cm³/mol. The summed E-state index contributed by atoms with van der Waals surface area (Å²) in [4.78, 5) is 11.7. The standard InChI is InChI=1S/C15H14O5/c1-7-4-9-6-11-10(5-8(2)19-11)12(14(9)20-7)13(16)15(17)18-3/h4-6,13,16H,1-3H3. The highest BCUT2D eigenvalue weighted by Gasteiger charge is 2.26. The number of aryl methyl sites for hydroxylation is 2. The summed E-state index contributed by atoms with van der Waals surface area (Å²) < 4.78 is 15.8. The lowest BCUT2D eigenvalue weighted by molar-refractivity contribution is -0.150. The number of hydrogen-bond donors (Lipinski definition) is 1. The van der Waals surface area contributed by atoms with Crippen molar-refractivity contribution in [2.75, 3.05) is 7.11 Å². The Hall–Kier alpha value is -2.27. The fraction of sp³-hybridized carbons (Fsp3) is 0.267. The van der Waals surface area contributed by atoms with Crippen molar-refractivity contribution in [2.24, 2.45) is 0 Å². The molecule has 5 nitrogen and oxygen atoms in total. The molecule has 2 aromatic heterocycles. The smallest absolute Gasteiger partial charge is 0.339 e. The number of carbonyl (C=O) groups excluding carboxylic acids is 1. The fourth-order valence-electron chi connectivity index (χ4n) is 2.47. The van der Waals surface area contributed by atoms with Crippen molar-refractivity contribution >= 4 is 27.9 Å². The van der Waals surface area contributed by atoms with Gasteiger partial charge in [-0.3, -0.25) is 0 Å². The van der Waals surface area contributed by atoms with Crippen molar-refractivity contribution in [3.05, 3.63) is 35.3 Å². The fourth-order valence-corrected chi connectivity index (χ4v) is 2.47. The van der Waals surface area contributed by atoms with Crippen molar-refractivity contribution in [3.63, 3.8) is 0 Å². The summed E-state index contributed by atoms with van der Waals surface area (Å²) >= 11 is 0. The van der Waals surface area contributed by atoms with Crippen LogP contribution in [0.5, 0.6) is 0 Å². The first-order valence-electron chi connectivity index (χ1n) is 6.20. The molecule has 2 heterocycles. The molecular weight excluding hydrogens is 260 g/mol. The molecule has 3 aromatic rings. The Labute approximate surface area is 114 Å². The van der Waals surface area contributed by atoms with E-state index < -0.39 is 12.1 Å². The van der Waals surface area contributed by atoms with E-state index in [4.69, 9.17) is 8.83 Å². The van der Waals surface area contributed by atoms with Crippen molar-refractivity contribution in [1.82, 2.24) is 0 Å². The van der Waals surface area contributed by atoms with E-state index in [9.17, 15) is 9.90 Å². The van der Waals surface area contributed by atoms with E-state index in [-0.39, 0.29) is 0 Å². The number of furan rings is 2. The van der Waals surface area contributed by atoms with Gasteiger partial charge in [-0.15, -0.1) is 0 Å². The molecule has 20 heavy (non-hydrogen) atoms. The average molecular weight is 274 g/mol. The summed E-state index contributed by atoms with van der Waals surface area (Å²) in [5.41, 5.74) is 1.47. The van der Waals surface area contributed by atoms with Crippen LogP contribution < -0.4 is 0 Å². The maximum atomic E-state index is 11.7. The molecule has 0 radical (unpaired) electrons. The first kappa shape index (κ1) is 12.7. The van der Waals surface area contributed by atoms with Gasteiger partial charge in [0.2, 0.25) is 0 Å². The summed E-state index contributed by atoms with van der Waals surface area (Å²) in [5.74, 6) is 0.664. The molecule has 5 heteroatoms. The first-order valence-corrected chi connectivity index (χ1v) is 6.20. The Bertz CT molecular complexity index is 754. The third-order valence-electron chi connectivity index (χ3n) is 3.29. The lowest BCUT2D eigenvalue weighted by Gasteiger charge is -2.10. The summed E-state index contributed by atoms with van der Waals surface area (Å²) in [6.07, 6.45) is -1.41. The average Bonchev–Trinajstić information content (AvgIpc) is 2.94. The molecule has 0 saturated carbocycles. The molecule has 0 saturated heterocycles. The van der Waals surface area contributed by atoms with E-state index in [0.717, 1.165) is 5.39 Å². The van der Waals surface area contributed by atoms with E-state index in [0.29, 0.717) is 33.6 Å². The van der Waals surface area contributed by atoms with Crippen LogP contribution in [0.2, 0.25) is 0 Å². The first-order chi connectivity index (χ1) is 9.51. The molecule has 0 aliphatic rings. The number of methoxy groups -OCH3 is 1. The second kappa shape index (κ2) is 4.38. The minimum Gasteiger partial charge on any atom is -0.467 e. The Balaban J connectivity index is 2.40. The monoisotopic (exact) mass is 274 g/mol. The SMILES string of the molecule is COC(=O)C(O)c1c2cc(C)oc2cc2cc(C)oc12. The Morgan fingerprint density at radius 3 is 2.60 bits per heavy atom. The predicted octanol–water partition coefficient (Wildman–Crippen LogP) is 3.00. The maximum absolute atomic E-state index is 11.7. The largest absolute Gasteiger partial charge is 0.467 e. The zero-order valence-electron chi connectivity index (χ0n) is 11.4. The van der Waals surface area contributed by atoms with Crippen LogP contribution in [0.1, 0.15) is 23.2 Å². The van der Waals surface area contributed by atoms with E-state index in [1.54, 1.807) is 19.9 Å². The molecule has 1 atom stereocenters. The number of carbonyl (C=O) groups is 1. The van der Waals surface area contributed by atoms with Gasteiger partial charge in [-0.1, -0.05) is 0 Å². The second-order valence-corrected chi connectivity index (χ2v) is 4.76. The molecule has 3 rings (SSSR count). The highest BCUT2D eigenvalue weighted by Crippen LogP contribution is 2.36. The van der Waals surface area contributed by atoms with Crippen molar-refractivity contribution in [3.8, 4) is 0 Å². The maximum Gasteiger partial charge on any atom is 0.339 e. The zero-order chi connectivity index (χ0) is 14.4. The van der Waals surface area contributed by atoms with Crippen molar-refractivity contribution < 1.29 is 23.5 Å². The van der Waals surface area contributed by atoms with E-state index in [1.807, 2.05) is 12.1 Å². The van der Waals surface area contributed by atoms with Crippen molar-refractivity contribution in [1.29, 1.82) is 0 Å². The summed E-state index contributed by atoms with van der Waals surface area (Å²) in [7, 11) is 1.23. The summed E-state index contributed by atoms with van der Waals surface area (Å²) in [6.45, 7) is 3.61. The second-order valence-electron chi connectivity index (χ2n) is 4.76. The van der Waals surface area contributed by atoms with E-state index in [1.165, 1.54) is 7.11 Å². The lowest BCUT2D eigenvalue weighted by atomic mass is 10.0. The number of aliphatic hydroxyl groups excluding tert-OH is 1. The van der Waals surface area contributed by atoms with Crippen LogP contribution in [0, 0.1) is 13.8 Å². The number of benzene rings is 1. The molecular formula is C15H14O5. The minimum atomic E-state index is -1.41. The lowest BCUT2D eigenvalue weighted by Crippen LogP contribution is -2.13. The molecule has 0 aliphatic carbocycles. The Morgan fingerprint density at radius 1 is 1.20 bits per heavy atom. The molecule has 0 fully saturated rings. The molecule has 0 aliphatic heterocycles. The summed E-state index contributed by atoms with van der Waals surface area (Å²) in [6, 6.07) is 5.44. The third-order valence-corrected chi connectivity index (χ3v) is 3.29. The third kappa shape index (κ3) is 1.78. The van der Waals surface area contributed by atoms with Gasteiger partial charge in [-0.2, -0.15) is 0 Å². The van der Waals surface area contributed by atoms with Crippen LogP contribution in [0.3, 0.4) is 0 Å². The van der Waals surface area contributed by atoms with Gasteiger partial charge >= 0.3 is 5.97 Å². The molecule has 1 aromatic carbocycles. The highest BCUT2D eigenvalue weighted by molar-refractivity contribution is 6.01. The van der Waals surface area contributed by atoms with Crippen LogP contribution in [-0.2, 0) is 9.53 Å².